The highest BCUT2D eigenvalue weighted by atomic mass is 14.6. The highest BCUT2D eigenvalue weighted by molar-refractivity contribution is 5.66. The summed E-state index contributed by atoms with van der Waals surface area (Å²) in [7, 11) is 0. The molecule has 1 unspecified atom stereocenters. The molecule has 0 amide bonds. The Labute approximate surface area is 106 Å². The lowest BCUT2D eigenvalue weighted by atomic mass is 9.87. The average molecular weight is 231 g/mol. The SMILES string of the molecule is C=C(C)c1cccc(C(C)C)c1CC(N)CC. The molecule has 17 heavy (non-hydrogen) atoms. The number of hydrogen-bond acceptors (Lipinski definition) is 1. The van der Waals surface area contributed by atoms with Crippen molar-refractivity contribution in [3.63, 3.8) is 0 Å². The van der Waals surface area contributed by atoms with E-state index in [0.717, 1.165) is 18.4 Å². The minimum absolute atomic E-state index is 0.244. The van der Waals surface area contributed by atoms with Crippen molar-refractivity contribution in [1.82, 2.24) is 0 Å². The Kier molecular flexibility index (Phi) is 4.95. The van der Waals surface area contributed by atoms with Crippen molar-refractivity contribution in [2.24, 2.45) is 5.73 Å². The molecular formula is C16H25N. The molecule has 1 rings (SSSR count). The first kappa shape index (κ1) is 14.0. The third-order valence-electron chi connectivity index (χ3n) is 3.28. The average Bonchev–Trinajstić information content (AvgIpc) is 2.28. The van der Waals surface area contributed by atoms with Crippen LogP contribution in [0, 0.1) is 0 Å². The first-order valence-corrected chi connectivity index (χ1v) is 6.50. The molecule has 1 heteroatoms. The van der Waals surface area contributed by atoms with Gasteiger partial charge in [0, 0.05) is 6.04 Å². The summed E-state index contributed by atoms with van der Waals surface area (Å²) in [5.74, 6) is 0.536. The molecule has 0 bridgehead atoms. The van der Waals surface area contributed by atoms with Crippen molar-refractivity contribution in [2.75, 3.05) is 0 Å². The van der Waals surface area contributed by atoms with Crippen LogP contribution >= 0.6 is 0 Å². The van der Waals surface area contributed by atoms with Crippen LogP contribution in [0.2, 0.25) is 0 Å². The Morgan fingerprint density at radius 1 is 1.35 bits per heavy atom. The third kappa shape index (κ3) is 3.44. The largest absolute Gasteiger partial charge is 0.327 e. The zero-order valence-corrected chi connectivity index (χ0v) is 11.6. The van der Waals surface area contributed by atoms with E-state index in [2.05, 4.69) is 52.5 Å². The van der Waals surface area contributed by atoms with Crippen LogP contribution < -0.4 is 5.73 Å². The van der Waals surface area contributed by atoms with Gasteiger partial charge in [-0.3, -0.25) is 0 Å². The summed E-state index contributed by atoms with van der Waals surface area (Å²) in [6.45, 7) is 12.8. The summed E-state index contributed by atoms with van der Waals surface area (Å²) in [6.07, 6.45) is 1.97. The van der Waals surface area contributed by atoms with Gasteiger partial charge in [0.2, 0.25) is 0 Å². The molecule has 1 aromatic rings. The van der Waals surface area contributed by atoms with Crippen LogP contribution in [0.5, 0.6) is 0 Å². The van der Waals surface area contributed by atoms with Crippen LogP contribution in [0.15, 0.2) is 24.8 Å². The van der Waals surface area contributed by atoms with Gasteiger partial charge >= 0.3 is 0 Å². The molecule has 0 radical (unpaired) electrons. The second kappa shape index (κ2) is 6.02. The smallest absolute Gasteiger partial charge is 0.00770 e. The van der Waals surface area contributed by atoms with E-state index < -0.39 is 0 Å². The quantitative estimate of drug-likeness (QED) is 0.810. The Hall–Kier alpha value is -1.08. The van der Waals surface area contributed by atoms with Gasteiger partial charge in [-0.25, -0.2) is 0 Å². The minimum Gasteiger partial charge on any atom is -0.327 e. The monoisotopic (exact) mass is 231 g/mol. The van der Waals surface area contributed by atoms with Crippen molar-refractivity contribution < 1.29 is 0 Å². The Balaban J connectivity index is 3.23. The van der Waals surface area contributed by atoms with E-state index in [1.807, 2.05) is 0 Å². The zero-order valence-electron chi connectivity index (χ0n) is 11.6. The van der Waals surface area contributed by atoms with Crippen LogP contribution in [0.4, 0.5) is 0 Å². The van der Waals surface area contributed by atoms with Gasteiger partial charge in [-0.2, -0.15) is 0 Å². The third-order valence-corrected chi connectivity index (χ3v) is 3.28. The van der Waals surface area contributed by atoms with Gasteiger partial charge in [0.15, 0.2) is 0 Å². The minimum atomic E-state index is 0.244. The maximum atomic E-state index is 6.11. The molecule has 0 aliphatic heterocycles. The normalized spacial score (nSPS) is 12.8. The Bertz CT molecular complexity index is 391. The van der Waals surface area contributed by atoms with Gasteiger partial charge in [-0.05, 0) is 42.4 Å². The first-order chi connectivity index (χ1) is 7.97. The van der Waals surface area contributed by atoms with E-state index in [0.29, 0.717) is 5.92 Å². The van der Waals surface area contributed by atoms with Gasteiger partial charge in [0.1, 0.15) is 0 Å². The van der Waals surface area contributed by atoms with Gasteiger partial charge in [0.25, 0.3) is 0 Å². The standard InChI is InChI=1S/C16H25N/c1-6-13(17)10-16-14(11(2)3)8-7-9-15(16)12(4)5/h7-9,12-13H,2,6,10,17H2,1,3-5H3. The summed E-state index contributed by atoms with van der Waals surface area (Å²) < 4.78 is 0. The number of nitrogens with two attached hydrogens (primary N) is 1. The highest BCUT2D eigenvalue weighted by Gasteiger charge is 2.13. The van der Waals surface area contributed by atoms with Crippen LogP contribution in [0.25, 0.3) is 5.57 Å². The zero-order chi connectivity index (χ0) is 13.0. The van der Waals surface area contributed by atoms with Crippen LogP contribution in [0.1, 0.15) is 56.7 Å². The second-order valence-corrected chi connectivity index (χ2v) is 5.18. The summed E-state index contributed by atoms with van der Waals surface area (Å²) >= 11 is 0. The molecule has 2 N–H and O–H groups in total. The lowest BCUT2D eigenvalue weighted by Gasteiger charge is -2.20. The van der Waals surface area contributed by atoms with Crippen molar-refractivity contribution >= 4 is 5.57 Å². The van der Waals surface area contributed by atoms with Crippen LogP contribution in [-0.2, 0) is 6.42 Å². The molecular weight excluding hydrogens is 206 g/mol. The second-order valence-electron chi connectivity index (χ2n) is 5.18. The Morgan fingerprint density at radius 2 is 2.00 bits per heavy atom. The maximum absolute atomic E-state index is 6.11. The van der Waals surface area contributed by atoms with Crippen LogP contribution in [0.3, 0.4) is 0 Å². The first-order valence-electron chi connectivity index (χ1n) is 6.50. The molecule has 0 aliphatic rings. The fourth-order valence-electron chi connectivity index (χ4n) is 2.18. The molecule has 0 saturated carbocycles. The molecule has 1 nitrogen and oxygen atoms in total. The molecule has 0 aromatic heterocycles. The van der Waals surface area contributed by atoms with Gasteiger partial charge in [-0.1, -0.05) is 51.1 Å². The predicted molar refractivity (Wildman–Crippen MR) is 77.2 cm³/mol. The van der Waals surface area contributed by atoms with Gasteiger partial charge < -0.3 is 5.73 Å². The van der Waals surface area contributed by atoms with Crippen molar-refractivity contribution in [1.29, 1.82) is 0 Å². The van der Waals surface area contributed by atoms with Crippen molar-refractivity contribution in [3.05, 3.63) is 41.5 Å². The van der Waals surface area contributed by atoms with E-state index in [1.54, 1.807) is 0 Å². The fourth-order valence-corrected chi connectivity index (χ4v) is 2.18. The Morgan fingerprint density at radius 3 is 2.47 bits per heavy atom. The molecule has 0 aliphatic carbocycles. The van der Waals surface area contributed by atoms with E-state index in [1.165, 1.54) is 16.7 Å². The number of benzene rings is 1. The summed E-state index contributed by atoms with van der Waals surface area (Å²) in [5.41, 5.74) is 11.3. The molecule has 1 aromatic carbocycles. The van der Waals surface area contributed by atoms with E-state index in [4.69, 9.17) is 5.73 Å². The summed E-state index contributed by atoms with van der Waals surface area (Å²) in [6, 6.07) is 6.74. The highest BCUT2D eigenvalue weighted by Crippen LogP contribution is 2.27. The molecule has 0 fully saturated rings. The fraction of sp³-hybridized carbons (Fsp3) is 0.500. The topological polar surface area (TPSA) is 26.0 Å². The van der Waals surface area contributed by atoms with E-state index in [-0.39, 0.29) is 6.04 Å². The lowest BCUT2D eigenvalue weighted by Crippen LogP contribution is -2.23. The van der Waals surface area contributed by atoms with Crippen molar-refractivity contribution in [3.8, 4) is 0 Å². The van der Waals surface area contributed by atoms with Crippen LogP contribution in [-0.4, -0.2) is 6.04 Å². The molecule has 1 atom stereocenters. The molecule has 0 heterocycles. The van der Waals surface area contributed by atoms with E-state index >= 15 is 0 Å². The predicted octanol–water partition coefficient (Wildman–Crippen LogP) is 4.12. The van der Waals surface area contributed by atoms with E-state index in [9.17, 15) is 0 Å². The molecule has 0 saturated heterocycles. The number of allylic oxidation sites excluding steroid dienone is 1. The molecule has 94 valence electrons. The van der Waals surface area contributed by atoms with Crippen molar-refractivity contribution in [2.45, 2.75) is 52.5 Å². The lowest BCUT2D eigenvalue weighted by molar-refractivity contribution is 0.638. The van der Waals surface area contributed by atoms with Gasteiger partial charge in [-0.15, -0.1) is 0 Å². The maximum Gasteiger partial charge on any atom is 0.00770 e. The summed E-state index contributed by atoms with van der Waals surface area (Å²) in [5, 5.41) is 0. The number of rotatable bonds is 5. The number of hydrogen-bond donors (Lipinski definition) is 1. The van der Waals surface area contributed by atoms with Gasteiger partial charge in [0.05, 0.1) is 0 Å². The molecule has 0 spiro atoms. The summed E-state index contributed by atoms with van der Waals surface area (Å²) in [4.78, 5) is 0.